The van der Waals surface area contributed by atoms with Gasteiger partial charge in [-0.2, -0.15) is 0 Å². The van der Waals surface area contributed by atoms with E-state index in [1.54, 1.807) is 6.92 Å². The molecule has 0 radical (unpaired) electrons. The van der Waals surface area contributed by atoms with E-state index in [2.05, 4.69) is 0 Å². The van der Waals surface area contributed by atoms with Crippen LogP contribution in [0.4, 0.5) is 0 Å². The van der Waals surface area contributed by atoms with Crippen LogP contribution in [0.25, 0.3) is 0 Å². The van der Waals surface area contributed by atoms with Crippen LogP contribution in [0, 0.1) is 11.3 Å². The summed E-state index contributed by atoms with van der Waals surface area (Å²) in [4.78, 5) is 21.6. The summed E-state index contributed by atoms with van der Waals surface area (Å²) in [5.41, 5.74) is -0.307. The number of hydrogen-bond donors (Lipinski definition) is 1. The highest BCUT2D eigenvalue weighted by Gasteiger charge is 2.28. The molecule has 0 aliphatic heterocycles. The second kappa shape index (κ2) is 2.33. The highest BCUT2D eigenvalue weighted by molar-refractivity contribution is 6.66. The van der Waals surface area contributed by atoms with Crippen molar-refractivity contribution in [1.29, 1.82) is 5.41 Å². The Morgan fingerprint density at radius 2 is 2.10 bits per heavy atom. The molecule has 1 fully saturated rings. The van der Waals surface area contributed by atoms with Crippen LogP contribution in [0.3, 0.4) is 0 Å². The fourth-order valence-electron chi connectivity index (χ4n) is 0.988. The number of nitrogens with one attached hydrogen (secondary N) is 1. The zero-order chi connectivity index (χ0) is 7.72. The molecule has 1 saturated carbocycles. The quantitative estimate of drug-likeness (QED) is 0.533. The monoisotopic (exact) mass is 139 g/mol. The summed E-state index contributed by atoms with van der Waals surface area (Å²) in [5, 5.41) is 7.03. The van der Waals surface area contributed by atoms with Crippen LogP contribution in [0.15, 0.2) is 0 Å². The Hall–Kier alpha value is -0.990. The van der Waals surface area contributed by atoms with Gasteiger partial charge in [-0.1, -0.05) is 6.92 Å². The number of ketones is 2. The van der Waals surface area contributed by atoms with Crippen molar-refractivity contribution in [2.45, 2.75) is 19.8 Å². The molecule has 0 amide bonds. The van der Waals surface area contributed by atoms with E-state index in [4.69, 9.17) is 5.41 Å². The van der Waals surface area contributed by atoms with Crippen molar-refractivity contribution in [3.63, 3.8) is 0 Å². The Bertz CT molecular complexity index is 208. The maximum absolute atomic E-state index is 10.9. The van der Waals surface area contributed by atoms with E-state index >= 15 is 0 Å². The number of rotatable bonds is 0. The van der Waals surface area contributed by atoms with Gasteiger partial charge < -0.3 is 0 Å². The molecule has 0 aromatic rings. The van der Waals surface area contributed by atoms with Crippen molar-refractivity contribution in [3.8, 4) is 0 Å². The van der Waals surface area contributed by atoms with E-state index < -0.39 is 0 Å². The standard InChI is InChI=1S/C7H9NO2/c1-4-2-3-5(9)6(8)7(4)10/h4,8H,2-3H2,1H3. The van der Waals surface area contributed by atoms with Crippen molar-refractivity contribution < 1.29 is 9.59 Å². The minimum Gasteiger partial charge on any atom is -0.294 e. The third-order valence-corrected chi connectivity index (χ3v) is 1.78. The molecule has 0 aromatic heterocycles. The van der Waals surface area contributed by atoms with Gasteiger partial charge in [-0.25, -0.2) is 0 Å². The molecule has 1 unspecified atom stereocenters. The van der Waals surface area contributed by atoms with Gasteiger partial charge in [0, 0.05) is 12.3 Å². The van der Waals surface area contributed by atoms with Gasteiger partial charge in [-0.05, 0) is 6.42 Å². The van der Waals surface area contributed by atoms with E-state index in [0.29, 0.717) is 12.8 Å². The van der Waals surface area contributed by atoms with Gasteiger partial charge in [0.2, 0.25) is 0 Å². The van der Waals surface area contributed by atoms with Gasteiger partial charge in [-0.3, -0.25) is 15.0 Å². The fourth-order valence-corrected chi connectivity index (χ4v) is 0.988. The second-order valence-electron chi connectivity index (χ2n) is 2.60. The molecule has 10 heavy (non-hydrogen) atoms. The zero-order valence-corrected chi connectivity index (χ0v) is 5.81. The molecule has 0 bridgehead atoms. The molecule has 1 aliphatic carbocycles. The summed E-state index contributed by atoms with van der Waals surface area (Å²) in [7, 11) is 0. The lowest BCUT2D eigenvalue weighted by Gasteiger charge is -2.14. The molecular weight excluding hydrogens is 130 g/mol. The molecule has 0 spiro atoms. The Balaban J connectivity index is 2.80. The van der Waals surface area contributed by atoms with Gasteiger partial charge >= 0.3 is 0 Å². The van der Waals surface area contributed by atoms with E-state index in [0.717, 1.165) is 0 Å². The maximum atomic E-state index is 10.9. The second-order valence-corrected chi connectivity index (χ2v) is 2.60. The van der Waals surface area contributed by atoms with Gasteiger partial charge in [-0.15, -0.1) is 0 Å². The predicted octanol–water partition coefficient (Wildman–Crippen LogP) is 0.574. The molecule has 1 aliphatic rings. The number of Topliss-reactive ketones (excluding diaryl/α,β-unsaturated/α-hetero) is 2. The predicted molar refractivity (Wildman–Crippen MR) is 36.1 cm³/mol. The largest absolute Gasteiger partial charge is 0.294 e. The van der Waals surface area contributed by atoms with Crippen LogP contribution in [0.1, 0.15) is 19.8 Å². The van der Waals surface area contributed by atoms with Crippen LogP contribution >= 0.6 is 0 Å². The Morgan fingerprint density at radius 3 is 2.60 bits per heavy atom. The molecule has 54 valence electrons. The summed E-state index contributed by atoms with van der Waals surface area (Å²) >= 11 is 0. The summed E-state index contributed by atoms with van der Waals surface area (Å²) < 4.78 is 0. The van der Waals surface area contributed by atoms with E-state index in [1.807, 2.05) is 0 Å². The lowest BCUT2D eigenvalue weighted by molar-refractivity contribution is -0.121. The minimum atomic E-state index is -0.307. The Labute approximate surface area is 58.9 Å². The Kier molecular flexibility index (Phi) is 1.66. The van der Waals surface area contributed by atoms with Gasteiger partial charge in [0.15, 0.2) is 11.6 Å². The van der Waals surface area contributed by atoms with Gasteiger partial charge in [0.25, 0.3) is 0 Å². The lowest BCUT2D eigenvalue weighted by Crippen LogP contribution is -2.33. The summed E-state index contributed by atoms with van der Waals surface area (Å²) in [5.74, 6) is -0.718. The van der Waals surface area contributed by atoms with Crippen molar-refractivity contribution in [2.75, 3.05) is 0 Å². The zero-order valence-electron chi connectivity index (χ0n) is 5.81. The smallest absolute Gasteiger partial charge is 0.186 e. The number of hydrogen-bond acceptors (Lipinski definition) is 3. The molecule has 1 rings (SSSR count). The van der Waals surface area contributed by atoms with E-state index in [1.165, 1.54) is 0 Å². The average molecular weight is 139 g/mol. The molecule has 3 heteroatoms. The molecule has 3 nitrogen and oxygen atoms in total. The van der Waals surface area contributed by atoms with Crippen LogP contribution in [0.5, 0.6) is 0 Å². The third-order valence-electron chi connectivity index (χ3n) is 1.78. The summed E-state index contributed by atoms with van der Waals surface area (Å²) in [6.45, 7) is 1.75. The van der Waals surface area contributed by atoms with Gasteiger partial charge in [0.1, 0.15) is 5.71 Å². The first-order chi connectivity index (χ1) is 4.63. The molecular formula is C7H9NO2. The van der Waals surface area contributed by atoms with Crippen LogP contribution in [-0.2, 0) is 9.59 Å². The third kappa shape index (κ3) is 0.988. The van der Waals surface area contributed by atoms with Crippen LogP contribution < -0.4 is 0 Å². The minimum absolute atomic E-state index is 0.120. The molecule has 0 heterocycles. The normalized spacial score (nSPS) is 27.3. The highest BCUT2D eigenvalue weighted by atomic mass is 16.2. The fraction of sp³-hybridized carbons (Fsp3) is 0.571. The molecule has 0 saturated heterocycles. The average Bonchev–Trinajstić information content (AvgIpc) is 1.93. The number of carbonyl (C=O) groups is 2. The highest BCUT2D eigenvalue weighted by Crippen LogP contribution is 2.14. The SMILES string of the molecule is CC1CCC(=O)C(=N)C1=O. The van der Waals surface area contributed by atoms with Gasteiger partial charge in [0.05, 0.1) is 0 Å². The first kappa shape index (κ1) is 7.12. The van der Waals surface area contributed by atoms with Crippen molar-refractivity contribution >= 4 is 17.3 Å². The molecule has 1 atom stereocenters. The first-order valence-corrected chi connectivity index (χ1v) is 3.29. The van der Waals surface area contributed by atoms with Crippen molar-refractivity contribution in [1.82, 2.24) is 0 Å². The lowest BCUT2D eigenvalue weighted by atomic mass is 9.87. The Morgan fingerprint density at radius 1 is 1.50 bits per heavy atom. The van der Waals surface area contributed by atoms with Crippen LogP contribution in [0.2, 0.25) is 0 Å². The van der Waals surface area contributed by atoms with E-state index in [-0.39, 0.29) is 23.2 Å². The maximum Gasteiger partial charge on any atom is 0.186 e. The van der Waals surface area contributed by atoms with Crippen LogP contribution in [-0.4, -0.2) is 17.3 Å². The van der Waals surface area contributed by atoms with E-state index in [9.17, 15) is 9.59 Å². The first-order valence-electron chi connectivity index (χ1n) is 3.29. The molecule has 0 aromatic carbocycles. The van der Waals surface area contributed by atoms with Crippen molar-refractivity contribution in [2.24, 2.45) is 5.92 Å². The topological polar surface area (TPSA) is 58.0 Å². The van der Waals surface area contributed by atoms with Crippen molar-refractivity contribution in [3.05, 3.63) is 0 Å². The summed E-state index contributed by atoms with van der Waals surface area (Å²) in [6, 6.07) is 0. The number of carbonyl (C=O) groups excluding carboxylic acids is 2. The molecule has 1 N–H and O–H groups in total. The summed E-state index contributed by atoms with van der Waals surface area (Å²) in [6.07, 6.45) is 0.978.